The highest BCUT2D eigenvalue weighted by Crippen LogP contribution is 2.30. The van der Waals surface area contributed by atoms with Gasteiger partial charge in [-0.15, -0.1) is 0 Å². The van der Waals surface area contributed by atoms with Gasteiger partial charge >= 0.3 is 0 Å². The standard InChI is InChI=1S/C13H19Cl2NS/c1-4-10(8-17-3)16-9(2)11-6-5-7-12(14)13(11)15/h5-7,9-10,16H,4,8H2,1-3H3. The van der Waals surface area contributed by atoms with E-state index >= 15 is 0 Å². The number of benzene rings is 1. The van der Waals surface area contributed by atoms with Gasteiger partial charge in [0.1, 0.15) is 0 Å². The fraction of sp³-hybridized carbons (Fsp3) is 0.538. The third-order valence-electron chi connectivity index (χ3n) is 2.79. The summed E-state index contributed by atoms with van der Waals surface area (Å²) in [6, 6.07) is 6.52. The van der Waals surface area contributed by atoms with Crippen LogP contribution >= 0.6 is 35.0 Å². The van der Waals surface area contributed by atoms with Crippen LogP contribution in [0.15, 0.2) is 18.2 Å². The van der Waals surface area contributed by atoms with Crippen LogP contribution in [0, 0.1) is 0 Å². The molecule has 0 saturated carbocycles. The first-order chi connectivity index (χ1) is 8.10. The summed E-state index contributed by atoms with van der Waals surface area (Å²) in [5.74, 6) is 1.11. The third-order valence-corrected chi connectivity index (χ3v) is 4.36. The lowest BCUT2D eigenvalue weighted by molar-refractivity contribution is 0.475. The van der Waals surface area contributed by atoms with Gasteiger partial charge in [0.2, 0.25) is 0 Å². The van der Waals surface area contributed by atoms with Crippen LogP contribution in [0.25, 0.3) is 0 Å². The Hall–Kier alpha value is 0.110. The SMILES string of the molecule is CCC(CSC)NC(C)c1cccc(Cl)c1Cl. The van der Waals surface area contributed by atoms with Crippen LogP contribution in [0.1, 0.15) is 31.9 Å². The minimum absolute atomic E-state index is 0.221. The molecule has 0 amide bonds. The van der Waals surface area contributed by atoms with Crippen molar-refractivity contribution in [3.8, 4) is 0 Å². The van der Waals surface area contributed by atoms with Gasteiger partial charge < -0.3 is 5.32 Å². The Labute approximate surface area is 118 Å². The van der Waals surface area contributed by atoms with Crippen molar-refractivity contribution in [2.45, 2.75) is 32.4 Å². The number of thioether (sulfide) groups is 1. The molecule has 1 rings (SSSR count). The van der Waals surface area contributed by atoms with E-state index in [2.05, 4.69) is 25.4 Å². The van der Waals surface area contributed by atoms with Crippen molar-refractivity contribution in [3.05, 3.63) is 33.8 Å². The molecule has 0 bridgehead atoms. The third kappa shape index (κ3) is 4.36. The molecule has 4 heteroatoms. The van der Waals surface area contributed by atoms with Crippen molar-refractivity contribution in [2.75, 3.05) is 12.0 Å². The second-order valence-corrected chi connectivity index (χ2v) is 5.79. The molecule has 2 atom stereocenters. The van der Waals surface area contributed by atoms with Crippen molar-refractivity contribution in [1.29, 1.82) is 0 Å². The number of hydrogen-bond acceptors (Lipinski definition) is 2. The van der Waals surface area contributed by atoms with Crippen molar-refractivity contribution in [1.82, 2.24) is 5.32 Å². The highest BCUT2D eigenvalue weighted by Gasteiger charge is 2.15. The molecule has 0 spiro atoms. The van der Waals surface area contributed by atoms with E-state index in [4.69, 9.17) is 23.2 Å². The summed E-state index contributed by atoms with van der Waals surface area (Å²) >= 11 is 14.1. The fourth-order valence-electron chi connectivity index (χ4n) is 1.78. The monoisotopic (exact) mass is 291 g/mol. The number of nitrogens with one attached hydrogen (secondary N) is 1. The van der Waals surface area contributed by atoms with Crippen LogP contribution in [0.2, 0.25) is 10.0 Å². The van der Waals surface area contributed by atoms with Crippen molar-refractivity contribution in [2.24, 2.45) is 0 Å². The summed E-state index contributed by atoms with van der Waals surface area (Å²) in [5, 5.41) is 4.87. The van der Waals surface area contributed by atoms with Crippen LogP contribution in [-0.4, -0.2) is 18.1 Å². The van der Waals surface area contributed by atoms with E-state index in [0.717, 1.165) is 17.7 Å². The van der Waals surface area contributed by atoms with E-state index < -0.39 is 0 Å². The zero-order chi connectivity index (χ0) is 12.8. The van der Waals surface area contributed by atoms with Crippen molar-refractivity contribution < 1.29 is 0 Å². The predicted octanol–water partition coefficient (Wildman–Crippen LogP) is 4.79. The molecule has 0 aliphatic rings. The van der Waals surface area contributed by atoms with Gasteiger partial charge in [-0.25, -0.2) is 0 Å². The van der Waals surface area contributed by atoms with Crippen LogP contribution in [-0.2, 0) is 0 Å². The van der Waals surface area contributed by atoms with Crippen LogP contribution < -0.4 is 5.32 Å². The molecule has 1 N–H and O–H groups in total. The first-order valence-electron chi connectivity index (χ1n) is 5.79. The lowest BCUT2D eigenvalue weighted by Gasteiger charge is -2.23. The smallest absolute Gasteiger partial charge is 0.0639 e. The Morgan fingerprint density at radius 1 is 1.35 bits per heavy atom. The summed E-state index contributed by atoms with van der Waals surface area (Å²) in [5.41, 5.74) is 1.07. The van der Waals surface area contributed by atoms with E-state index in [-0.39, 0.29) is 6.04 Å². The van der Waals surface area contributed by atoms with Crippen LogP contribution in [0.3, 0.4) is 0 Å². The van der Waals surface area contributed by atoms with Gasteiger partial charge in [-0.1, -0.05) is 42.3 Å². The lowest BCUT2D eigenvalue weighted by Crippen LogP contribution is -2.33. The number of hydrogen-bond donors (Lipinski definition) is 1. The lowest BCUT2D eigenvalue weighted by atomic mass is 10.1. The first-order valence-corrected chi connectivity index (χ1v) is 7.94. The minimum Gasteiger partial charge on any atom is -0.307 e. The van der Waals surface area contributed by atoms with Gasteiger partial charge in [-0.3, -0.25) is 0 Å². The van der Waals surface area contributed by atoms with Gasteiger partial charge in [0, 0.05) is 17.8 Å². The maximum Gasteiger partial charge on any atom is 0.0639 e. The molecular weight excluding hydrogens is 273 g/mol. The molecule has 0 radical (unpaired) electrons. The first kappa shape index (κ1) is 15.2. The Morgan fingerprint density at radius 3 is 2.65 bits per heavy atom. The molecular formula is C13H19Cl2NS. The van der Waals surface area contributed by atoms with Gasteiger partial charge in [0.05, 0.1) is 10.0 Å². The molecule has 0 heterocycles. The summed E-state index contributed by atoms with van der Waals surface area (Å²) in [4.78, 5) is 0. The Bertz CT molecular complexity index is 357. The molecule has 0 aliphatic heterocycles. The Morgan fingerprint density at radius 2 is 2.06 bits per heavy atom. The molecule has 96 valence electrons. The molecule has 17 heavy (non-hydrogen) atoms. The molecule has 1 aromatic carbocycles. The topological polar surface area (TPSA) is 12.0 Å². The van der Waals surface area contributed by atoms with E-state index in [9.17, 15) is 0 Å². The molecule has 0 aliphatic carbocycles. The largest absolute Gasteiger partial charge is 0.307 e. The minimum atomic E-state index is 0.221. The van der Waals surface area contributed by atoms with Crippen molar-refractivity contribution >= 4 is 35.0 Å². The summed E-state index contributed by atoms with van der Waals surface area (Å²) < 4.78 is 0. The molecule has 1 aromatic rings. The maximum absolute atomic E-state index is 6.21. The van der Waals surface area contributed by atoms with Gasteiger partial charge in [-0.2, -0.15) is 11.8 Å². The second kappa shape index (κ2) is 7.52. The molecule has 0 saturated heterocycles. The average molecular weight is 292 g/mol. The van der Waals surface area contributed by atoms with Crippen LogP contribution in [0.4, 0.5) is 0 Å². The number of rotatable bonds is 6. The zero-order valence-electron chi connectivity index (χ0n) is 10.5. The fourth-order valence-corrected chi connectivity index (χ4v) is 2.99. The van der Waals surface area contributed by atoms with E-state index in [0.29, 0.717) is 16.1 Å². The van der Waals surface area contributed by atoms with Gasteiger partial charge in [0.15, 0.2) is 0 Å². The zero-order valence-corrected chi connectivity index (χ0v) is 12.8. The highest BCUT2D eigenvalue weighted by atomic mass is 35.5. The van der Waals surface area contributed by atoms with Crippen molar-refractivity contribution in [3.63, 3.8) is 0 Å². The predicted molar refractivity (Wildman–Crippen MR) is 80.5 cm³/mol. The quantitative estimate of drug-likeness (QED) is 0.809. The van der Waals surface area contributed by atoms with E-state index in [1.807, 2.05) is 30.0 Å². The molecule has 0 fully saturated rings. The normalized spacial score (nSPS) is 14.6. The molecule has 0 aromatic heterocycles. The highest BCUT2D eigenvalue weighted by molar-refractivity contribution is 7.98. The average Bonchev–Trinajstić information content (AvgIpc) is 2.31. The Balaban J connectivity index is 2.75. The summed E-state index contributed by atoms with van der Waals surface area (Å²) in [6.45, 7) is 4.32. The number of halogens is 2. The molecule has 1 nitrogen and oxygen atoms in total. The maximum atomic E-state index is 6.21. The molecule has 2 unspecified atom stereocenters. The van der Waals surface area contributed by atoms with E-state index in [1.54, 1.807) is 0 Å². The van der Waals surface area contributed by atoms with Gasteiger partial charge in [0.25, 0.3) is 0 Å². The van der Waals surface area contributed by atoms with Gasteiger partial charge in [-0.05, 0) is 31.2 Å². The second-order valence-electron chi connectivity index (χ2n) is 4.09. The van der Waals surface area contributed by atoms with E-state index in [1.165, 1.54) is 0 Å². The summed E-state index contributed by atoms with van der Waals surface area (Å²) in [6.07, 6.45) is 3.24. The Kier molecular flexibility index (Phi) is 6.71. The van der Waals surface area contributed by atoms with Crippen LogP contribution in [0.5, 0.6) is 0 Å². The summed E-state index contributed by atoms with van der Waals surface area (Å²) in [7, 11) is 0.